The van der Waals surface area contributed by atoms with Gasteiger partial charge in [-0.3, -0.25) is 0 Å². The summed E-state index contributed by atoms with van der Waals surface area (Å²) in [6.07, 6.45) is -17.0. The van der Waals surface area contributed by atoms with Gasteiger partial charge in [-0.2, -0.15) is 26.3 Å². The zero-order chi connectivity index (χ0) is 18.2. The molecule has 1 aliphatic rings. The molecule has 0 aromatic rings. The van der Waals surface area contributed by atoms with E-state index < -0.39 is 54.9 Å². The van der Waals surface area contributed by atoms with Crippen LogP contribution in [0.2, 0.25) is 0 Å². The number of aliphatic hydroxyl groups excluding tert-OH is 1. The first-order valence-corrected chi connectivity index (χ1v) is 6.62. The number of ether oxygens (including phenoxy) is 1. The number of hydrogen-bond acceptors (Lipinski definition) is 4. The van der Waals surface area contributed by atoms with Crippen molar-refractivity contribution in [3.05, 3.63) is 12.2 Å². The molecule has 3 atom stereocenters. The highest BCUT2D eigenvalue weighted by Gasteiger charge is 2.74. The summed E-state index contributed by atoms with van der Waals surface area (Å²) in [5.74, 6) is -3.36. The molecule has 23 heavy (non-hydrogen) atoms. The molecule has 0 spiro atoms. The topological polar surface area (TPSA) is 66.8 Å². The van der Waals surface area contributed by atoms with Crippen LogP contribution in [-0.2, 0) is 9.53 Å². The van der Waals surface area contributed by atoms with Crippen molar-refractivity contribution in [2.24, 2.45) is 5.92 Å². The number of carbonyl (C=O) groups excluding carboxylic acids is 1. The van der Waals surface area contributed by atoms with Crippen LogP contribution in [0.25, 0.3) is 0 Å². The molecule has 134 valence electrons. The van der Waals surface area contributed by atoms with E-state index >= 15 is 0 Å². The minimum atomic E-state index is -6.00. The van der Waals surface area contributed by atoms with Crippen molar-refractivity contribution in [3.8, 4) is 0 Å². The second-order valence-corrected chi connectivity index (χ2v) is 5.56. The zero-order valence-corrected chi connectivity index (χ0v) is 12.0. The van der Waals surface area contributed by atoms with Crippen LogP contribution < -0.4 is 0 Å². The quantitative estimate of drug-likeness (QED) is 0.466. The van der Waals surface area contributed by atoms with Gasteiger partial charge in [0.15, 0.2) is 0 Å². The molecule has 3 unspecified atom stereocenters. The summed E-state index contributed by atoms with van der Waals surface area (Å²) in [5, 5.41) is 19.0. The van der Waals surface area contributed by atoms with E-state index in [0.29, 0.717) is 0 Å². The van der Waals surface area contributed by atoms with E-state index in [1.807, 2.05) is 0 Å². The highest BCUT2D eigenvalue weighted by Crippen LogP contribution is 2.51. The van der Waals surface area contributed by atoms with Gasteiger partial charge in [-0.25, -0.2) is 4.79 Å². The van der Waals surface area contributed by atoms with Crippen molar-refractivity contribution in [1.82, 2.24) is 0 Å². The van der Waals surface area contributed by atoms with Crippen LogP contribution >= 0.6 is 0 Å². The number of halogens is 6. The molecule has 1 rings (SSSR count). The lowest BCUT2D eigenvalue weighted by atomic mass is 9.73. The van der Waals surface area contributed by atoms with Gasteiger partial charge in [-0.05, 0) is 19.8 Å². The fraction of sp³-hybridized carbons (Fsp3) is 0.769. The Labute approximate surface area is 127 Å². The van der Waals surface area contributed by atoms with Crippen molar-refractivity contribution in [2.75, 3.05) is 0 Å². The second-order valence-electron chi connectivity index (χ2n) is 5.56. The fourth-order valence-corrected chi connectivity index (χ4v) is 2.54. The molecular formula is C13H16F6O4. The number of aliphatic hydroxyl groups is 2. The predicted molar refractivity (Wildman–Crippen MR) is 65.1 cm³/mol. The standard InChI is InChI=1S/C13H16F6O4/c1-6(2)10(21)23-7-3-4-8(9(20)5-7)11(22,12(14,15)16)13(17,18)19/h7-9,20,22H,1,3-5H2,2H3. The van der Waals surface area contributed by atoms with Crippen LogP contribution in [0.5, 0.6) is 0 Å². The average Bonchev–Trinajstić information content (AvgIpc) is 2.35. The van der Waals surface area contributed by atoms with E-state index in [1.54, 1.807) is 0 Å². The van der Waals surface area contributed by atoms with Gasteiger partial charge in [-0.1, -0.05) is 6.58 Å². The minimum absolute atomic E-state index is 0.00343. The Morgan fingerprint density at radius 1 is 1.13 bits per heavy atom. The van der Waals surface area contributed by atoms with Crippen molar-refractivity contribution in [2.45, 2.75) is 56.3 Å². The summed E-state index contributed by atoms with van der Waals surface area (Å²) in [6, 6.07) is 0. The van der Waals surface area contributed by atoms with Crippen LogP contribution in [0, 0.1) is 5.92 Å². The molecule has 0 aliphatic heterocycles. The van der Waals surface area contributed by atoms with Gasteiger partial charge in [0.05, 0.1) is 6.10 Å². The van der Waals surface area contributed by atoms with E-state index in [1.165, 1.54) is 6.92 Å². The third-order valence-electron chi connectivity index (χ3n) is 3.79. The lowest BCUT2D eigenvalue weighted by Crippen LogP contribution is -2.65. The summed E-state index contributed by atoms with van der Waals surface area (Å²) >= 11 is 0. The molecule has 0 aromatic carbocycles. The van der Waals surface area contributed by atoms with Gasteiger partial charge in [0.1, 0.15) is 6.10 Å². The minimum Gasteiger partial charge on any atom is -0.459 e. The molecule has 4 nitrogen and oxygen atoms in total. The molecule has 0 radical (unpaired) electrons. The second kappa shape index (κ2) is 6.31. The Morgan fingerprint density at radius 2 is 1.61 bits per heavy atom. The molecule has 0 saturated heterocycles. The Balaban J connectivity index is 2.96. The normalized spacial score (nSPS) is 26.7. The SMILES string of the molecule is C=C(C)C(=O)OC1CCC(C(O)(C(F)(F)F)C(F)(F)F)C(O)C1. The molecule has 2 N–H and O–H groups in total. The summed E-state index contributed by atoms with van der Waals surface area (Å²) in [6.45, 7) is 4.60. The van der Waals surface area contributed by atoms with E-state index in [2.05, 4.69) is 6.58 Å². The maximum atomic E-state index is 12.8. The molecule has 0 amide bonds. The van der Waals surface area contributed by atoms with Gasteiger partial charge in [0.2, 0.25) is 0 Å². The first kappa shape index (κ1) is 19.8. The molecule has 1 fully saturated rings. The summed E-state index contributed by atoms with van der Waals surface area (Å²) < 4.78 is 81.6. The third-order valence-corrected chi connectivity index (χ3v) is 3.79. The largest absolute Gasteiger partial charge is 0.459 e. The summed E-state index contributed by atoms with van der Waals surface area (Å²) in [4.78, 5) is 11.3. The van der Waals surface area contributed by atoms with Crippen molar-refractivity contribution >= 4 is 5.97 Å². The first-order valence-electron chi connectivity index (χ1n) is 6.62. The monoisotopic (exact) mass is 350 g/mol. The number of esters is 1. The third kappa shape index (κ3) is 3.79. The average molecular weight is 350 g/mol. The number of carbonyl (C=O) groups is 1. The van der Waals surface area contributed by atoms with E-state index in [-0.39, 0.29) is 12.0 Å². The number of rotatable bonds is 3. The Morgan fingerprint density at radius 3 is 1.96 bits per heavy atom. The highest BCUT2D eigenvalue weighted by molar-refractivity contribution is 5.87. The van der Waals surface area contributed by atoms with E-state index in [4.69, 9.17) is 4.74 Å². The molecule has 0 heterocycles. The summed E-state index contributed by atoms with van der Waals surface area (Å²) in [5.41, 5.74) is -5.02. The molecule has 1 aliphatic carbocycles. The lowest BCUT2D eigenvalue weighted by Gasteiger charge is -2.44. The Kier molecular flexibility index (Phi) is 5.42. The van der Waals surface area contributed by atoms with Gasteiger partial charge < -0.3 is 14.9 Å². The maximum absolute atomic E-state index is 12.8. The highest BCUT2D eigenvalue weighted by atomic mass is 19.4. The first-order chi connectivity index (χ1) is 10.2. The van der Waals surface area contributed by atoms with Crippen LogP contribution in [0.1, 0.15) is 26.2 Å². The van der Waals surface area contributed by atoms with Crippen LogP contribution in [-0.4, -0.2) is 46.3 Å². The number of hydrogen-bond donors (Lipinski definition) is 2. The molecular weight excluding hydrogens is 334 g/mol. The van der Waals surface area contributed by atoms with Gasteiger partial charge in [0.25, 0.3) is 5.60 Å². The van der Waals surface area contributed by atoms with Crippen molar-refractivity contribution in [1.29, 1.82) is 0 Å². The predicted octanol–water partition coefficient (Wildman–Crippen LogP) is 2.49. The molecule has 0 aromatic heterocycles. The Bertz CT molecular complexity index is 456. The molecule has 10 heteroatoms. The fourth-order valence-electron chi connectivity index (χ4n) is 2.54. The van der Waals surface area contributed by atoms with E-state index in [9.17, 15) is 41.4 Å². The smallest absolute Gasteiger partial charge is 0.426 e. The molecule has 1 saturated carbocycles. The number of alkyl halides is 6. The van der Waals surface area contributed by atoms with Crippen molar-refractivity contribution < 1.29 is 46.1 Å². The van der Waals surface area contributed by atoms with Crippen LogP contribution in [0.15, 0.2) is 12.2 Å². The maximum Gasteiger partial charge on any atom is 0.426 e. The van der Waals surface area contributed by atoms with Crippen molar-refractivity contribution in [3.63, 3.8) is 0 Å². The van der Waals surface area contributed by atoms with E-state index in [0.717, 1.165) is 0 Å². The van der Waals surface area contributed by atoms with Gasteiger partial charge in [-0.15, -0.1) is 0 Å². The van der Waals surface area contributed by atoms with Crippen LogP contribution in [0.3, 0.4) is 0 Å². The van der Waals surface area contributed by atoms with Gasteiger partial charge >= 0.3 is 18.3 Å². The Hall–Kier alpha value is -1.29. The zero-order valence-electron chi connectivity index (χ0n) is 12.0. The summed E-state index contributed by atoms with van der Waals surface area (Å²) in [7, 11) is 0. The molecule has 0 bridgehead atoms. The lowest BCUT2D eigenvalue weighted by molar-refractivity contribution is -0.394. The van der Waals surface area contributed by atoms with Gasteiger partial charge in [0, 0.05) is 17.9 Å². The van der Waals surface area contributed by atoms with Crippen LogP contribution in [0.4, 0.5) is 26.3 Å².